The maximum absolute atomic E-state index is 4.08. The highest BCUT2D eigenvalue weighted by Crippen LogP contribution is 2.26. The Bertz CT molecular complexity index is 385. The second kappa shape index (κ2) is 3.49. The highest BCUT2D eigenvalue weighted by Gasteiger charge is 2.06. The highest BCUT2D eigenvalue weighted by molar-refractivity contribution is 7.13. The molecule has 0 saturated heterocycles. The molecule has 0 bridgehead atoms. The molecule has 2 aromatic rings. The van der Waals surface area contributed by atoms with Crippen LogP contribution in [0.1, 0.15) is 0 Å². The van der Waals surface area contributed by atoms with Gasteiger partial charge in [0.25, 0.3) is 0 Å². The zero-order valence-electron chi connectivity index (χ0n) is 7.06. The zero-order chi connectivity index (χ0) is 9.10. The predicted octanol–water partition coefficient (Wildman–Crippen LogP) is 1.64. The van der Waals surface area contributed by atoms with E-state index in [2.05, 4.69) is 20.5 Å². The molecule has 0 atom stereocenters. The molecule has 4 nitrogen and oxygen atoms in total. The van der Waals surface area contributed by atoms with E-state index in [0.29, 0.717) is 0 Å². The molecule has 5 heteroatoms. The standard InChI is InChI=1S/C8H8N4S/c1-9-8-7(12-11-5-10-8)6-3-2-4-13-6/h2-5H,1H3,(H,9,10,11). The number of rotatable bonds is 2. The summed E-state index contributed by atoms with van der Waals surface area (Å²) in [5.74, 6) is 0.762. The fraction of sp³-hybridized carbons (Fsp3) is 0.125. The summed E-state index contributed by atoms with van der Waals surface area (Å²) in [6.45, 7) is 0. The number of thiophene rings is 1. The largest absolute Gasteiger partial charge is 0.371 e. The number of nitrogens with one attached hydrogen (secondary N) is 1. The fourth-order valence-electron chi connectivity index (χ4n) is 1.04. The lowest BCUT2D eigenvalue weighted by atomic mass is 10.3. The van der Waals surface area contributed by atoms with Crippen molar-refractivity contribution in [2.75, 3.05) is 12.4 Å². The van der Waals surface area contributed by atoms with E-state index in [1.807, 2.05) is 24.6 Å². The third kappa shape index (κ3) is 1.50. The molecule has 2 heterocycles. The Kier molecular flexibility index (Phi) is 2.18. The van der Waals surface area contributed by atoms with E-state index in [1.54, 1.807) is 11.3 Å². The van der Waals surface area contributed by atoms with Gasteiger partial charge in [-0.25, -0.2) is 4.98 Å². The molecule has 0 spiro atoms. The van der Waals surface area contributed by atoms with Crippen LogP contribution in [-0.2, 0) is 0 Å². The molecular weight excluding hydrogens is 184 g/mol. The van der Waals surface area contributed by atoms with Crippen LogP contribution in [0.4, 0.5) is 5.82 Å². The van der Waals surface area contributed by atoms with E-state index in [9.17, 15) is 0 Å². The van der Waals surface area contributed by atoms with Crippen LogP contribution in [0, 0.1) is 0 Å². The minimum Gasteiger partial charge on any atom is -0.371 e. The van der Waals surface area contributed by atoms with Crippen molar-refractivity contribution in [2.45, 2.75) is 0 Å². The summed E-state index contributed by atoms with van der Waals surface area (Å²) < 4.78 is 0. The first-order valence-corrected chi connectivity index (χ1v) is 4.69. The quantitative estimate of drug-likeness (QED) is 0.786. The molecule has 0 aliphatic carbocycles. The van der Waals surface area contributed by atoms with Gasteiger partial charge in [0.2, 0.25) is 0 Å². The molecular formula is C8H8N4S. The number of anilines is 1. The normalized spacial score (nSPS) is 9.92. The molecule has 0 saturated carbocycles. The van der Waals surface area contributed by atoms with Gasteiger partial charge in [-0.15, -0.1) is 21.5 Å². The third-order valence-corrected chi connectivity index (χ3v) is 2.49. The maximum Gasteiger partial charge on any atom is 0.157 e. The van der Waals surface area contributed by atoms with Gasteiger partial charge in [0, 0.05) is 7.05 Å². The lowest BCUT2D eigenvalue weighted by Crippen LogP contribution is -1.98. The molecule has 1 N–H and O–H groups in total. The molecule has 0 amide bonds. The van der Waals surface area contributed by atoms with Crippen molar-refractivity contribution >= 4 is 17.2 Å². The van der Waals surface area contributed by atoms with Gasteiger partial charge in [-0.2, -0.15) is 0 Å². The van der Waals surface area contributed by atoms with Gasteiger partial charge in [0.15, 0.2) is 5.82 Å². The summed E-state index contributed by atoms with van der Waals surface area (Å²) in [5, 5.41) is 12.8. The lowest BCUT2D eigenvalue weighted by Gasteiger charge is -2.01. The van der Waals surface area contributed by atoms with E-state index in [1.165, 1.54) is 6.33 Å². The zero-order valence-corrected chi connectivity index (χ0v) is 7.88. The first-order chi connectivity index (χ1) is 6.42. The Hall–Kier alpha value is -1.49. The summed E-state index contributed by atoms with van der Waals surface area (Å²) >= 11 is 1.62. The van der Waals surface area contributed by atoms with Crippen LogP contribution in [0.3, 0.4) is 0 Å². The Balaban J connectivity index is 2.51. The SMILES string of the molecule is CNc1ncnnc1-c1cccs1. The second-order valence-electron chi connectivity index (χ2n) is 2.38. The molecule has 0 aliphatic rings. The fourth-order valence-corrected chi connectivity index (χ4v) is 1.75. The van der Waals surface area contributed by atoms with E-state index >= 15 is 0 Å². The van der Waals surface area contributed by atoms with Gasteiger partial charge in [-0.05, 0) is 11.4 Å². The number of nitrogens with zero attached hydrogens (tertiary/aromatic N) is 3. The molecule has 0 fully saturated rings. The van der Waals surface area contributed by atoms with Crippen LogP contribution in [0.15, 0.2) is 23.8 Å². The van der Waals surface area contributed by atoms with Crippen LogP contribution in [-0.4, -0.2) is 22.2 Å². The molecule has 0 aromatic carbocycles. The Morgan fingerprint density at radius 3 is 3.08 bits per heavy atom. The lowest BCUT2D eigenvalue weighted by molar-refractivity contribution is 0.980. The van der Waals surface area contributed by atoms with E-state index in [4.69, 9.17) is 0 Å². The van der Waals surface area contributed by atoms with Crippen molar-refractivity contribution in [1.82, 2.24) is 15.2 Å². The molecule has 2 aromatic heterocycles. The monoisotopic (exact) mass is 192 g/mol. The minimum atomic E-state index is 0.762. The topological polar surface area (TPSA) is 50.7 Å². The van der Waals surface area contributed by atoms with Crippen LogP contribution >= 0.6 is 11.3 Å². The summed E-state index contributed by atoms with van der Waals surface area (Å²) in [4.78, 5) is 5.15. The minimum absolute atomic E-state index is 0.762. The van der Waals surface area contributed by atoms with Crippen LogP contribution < -0.4 is 5.32 Å². The van der Waals surface area contributed by atoms with Crippen LogP contribution in [0.2, 0.25) is 0 Å². The Labute approximate surface area is 79.7 Å². The summed E-state index contributed by atoms with van der Waals surface area (Å²) in [6, 6.07) is 3.98. The van der Waals surface area contributed by atoms with Crippen molar-refractivity contribution < 1.29 is 0 Å². The molecule has 13 heavy (non-hydrogen) atoms. The van der Waals surface area contributed by atoms with Gasteiger partial charge in [-0.3, -0.25) is 0 Å². The maximum atomic E-state index is 4.08. The van der Waals surface area contributed by atoms with Gasteiger partial charge in [0.1, 0.15) is 12.0 Å². The van der Waals surface area contributed by atoms with Gasteiger partial charge in [-0.1, -0.05) is 6.07 Å². The average molecular weight is 192 g/mol. The van der Waals surface area contributed by atoms with Crippen LogP contribution in [0.5, 0.6) is 0 Å². The van der Waals surface area contributed by atoms with Crippen LogP contribution in [0.25, 0.3) is 10.6 Å². The van der Waals surface area contributed by atoms with Gasteiger partial charge < -0.3 is 5.32 Å². The number of aromatic nitrogens is 3. The van der Waals surface area contributed by atoms with Crippen molar-refractivity contribution in [3.8, 4) is 10.6 Å². The van der Waals surface area contributed by atoms with Gasteiger partial charge in [0.05, 0.1) is 4.88 Å². The smallest absolute Gasteiger partial charge is 0.157 e. The third-order valence-electron chi connectivity index (χ3n) is 1.61. The highest BCUT2D eigenvalue weighted by atomic mass is 32.1. The summed E-state index contributed by atoms with van der Waals surface area (Å²) in [6.07, 6.45) is 1.43. The van der Waals surface area contributed by atoms with Crippen molar-refractivity contribution in [2.24, 2.45) is 0 Å². The van der Waals surface area contributed by atoms with Gasteiger partial charge >= 0.3 is 0 Å². The van der Waals surface area contributed by atoms with E-state index < -0.39 is 0 Å². The number of hydrogen-bond donors (Lipinski definition) is 1. The molecule has 0 unspecified atom stereocenters. The first-order valence-electron chi connectivity index (χ1n) is 3.81. The van der Waals surface area contributed by atoms with E-state index in [-0.39, 0.29) is 0 Å². The number of hydrogen-bond acceptors (Lipinski definition) is 5. The van der Waals surface area contributed by atoms with E-state index in [0.717, 1.165) is 16.4 Å². The predicted molar refractivity (Wildman–Crippen MR) is 52.7 cm³/mol. The van der Waals surface area contributed by atoms with Crippen molar-refractivity contribution in [1.29, 1.82) is 0 Å². The molecule has 0 radical (unpaired) electrons. The second-order valence-corrected chi connectivity index (χ2v) is 3.33. The molecule has 66 valence electrons. The summed E-state index contributed by atoms with van der Waals surface area (Å²) in [5.41, 5.74) is 0.806. The summed E-state index contributed by atoms with van der Waals surface area (Å²) in [7, 11) is 1.82. The van der Waals surface area contributed by atoms with Crippen molar-refractivity contribution in [3.05, 3.63) is 23.8 Å². The first kappa shape index (κ1) is 8.12. The Morgan fingerprint density at radius 2 is 2.38 bits per heavy atom. The Morgan fingerprint density at radius 1 is 1.46 bits per heavy atom. The average Bonchev–Trinajstić information content (AvgIpc) is 2.70. The molecule has 2 rings (SSSR count). The molecule has 0 aliphatic heterocycles. The van der Waals surface area contributed by atoms with Crippen molar-refractivity contribution in [3.63, 3.8) is 0 Å².